The van der Waals surface area contributed by atoms with Gasteiger partial charge in [0.2, 0.25) is 11.3 Å². The highest BCUT2D eigenvalue weighted by molar-refractivity contribution is 6.05. The Balaban J connectivity index is 1.70. The van der Waals surface area contributed by atoms with Gasteiger partial charge in [-0.15, -0.1) is 0 Å². The molecule has 3 rings (SSSR count). The summed E-state index contributed by atoms with van der Waals surface area (Å²) >= 11 is 0. The molecule has 150 valence electrons. The molecule has 0 aliphatic carbocycles. The van der Waals surface area contributed by atoms with Crippen LogP contribution in [0.2, 0.25) is 0 Å². The molecule has 0 aliphatic rings. The summed E-state index contributed by atoms with van der Waals surface area (Å²) in [5.74, 6) is -0.499. The standard InChI is InChI=1S/C23H25N3O3/c1-23(2,3)12-20(27)25-13-15-7-6-8-16(11-15)26-22(29)18-14-24-19-10-5-4-9-17(19)21(18)28/h4-11,14H,12-13H2,1-3H3,(H,24,28)(H,25,27)(H,26,29). The molecule has 0 bridgehead atoms. The number of H-pyrrole nitrogens is 1. The number of fused-ring (bicyclic) bond motifs is 1. The first kappa shape index (κ1) is 20.3. The molecule has 0 aliphatic heterocycles. The molecule has 1 aromatic heterocycles. The molecule has 3 aromatic rings. The maximum Gasteiger partial charge on any atom is 0.261 e. The van der Waals surface area contributed by atoms with Crippen LogP contribution in [0.1, 0.15) is 43.1 Å². The van der Waals surface area contributed by atoms with E-state index in [9.17, 15) is 14.4 Å². The maximum atomic E-state index is 12.6. The normalized spacial score (nSPS) is 11.3. The lowest BCUT2D eigenvalue weighted by Gasteiger charge is -2.17. The largest absolute Gasteiger partial charge is 0.360 e. The van der Waals surface area contributed by atoms with Crippen molar-refractivity contribution in [3.05, 3.63) is 76.1 Å². The molecule has 6 nitrogen and oxygen atoms in total. The van der Waals surface area contributed by atoms with Gasteiger partial charge in [-0.05, 0) is 35.2 Å². The van der Waals surface area contributed by atoms with Crippen LogP contribution in [0.15, 0.2) is 59.5 Å². The fraction of sp³-hybridized carbons (Fsp3) is 0.261. The minimum absolute atomic E-state index is 0.0189. The van der Waals surface area contributed by atoms with Gasteiger partial charge in [0.1, 0.15) is 5.56 Å². The molecule has 0 saturated carbocycles. The highest BCUT2D eigenvalue weighted by Crippen LogP contribution is 2.18. The smallest absolute Gasteiger partial charge is 0.261 e. The van der Waals surface area contributed by atoms with Gasteiger partial charge in [-0.2, -0.15) is 0 Å². The number of nitrogens with one attached hydrogen (secondary N) is 3. The van der Waals surface area contributed by atoms with Crippen molar-refractivity contribution >= 4 is 28.4 Å². The zero-order chi connectivity index (χ0) is 21.0. The quantitative estimate of drug-likeness (QED) is 0.617. The summed E-state index contributed by atoms with van der Waals surface area (Å²) in [7, 11) is 0. The molecule has 1 heterocycles. The zero-order valence-corrected chi connectivity index (χ0v) is 16.8. The average Bonchev–Trinajstić information content (AvgIpc) is 2.66. The zero-order valence-electron chi connectivity index (χ0n) is 16.8. The van der Waals surface area contributed by atoms with E-state index in [1.165, 1.54) is 6.20 Å². The Morgan fingerprint density at radius 1 is 1.03 bits per heavy atom. The number of pyridine rings is 1. The van der Waals surface area contributed by atoms with Crippen LogP contribution in [-0.2, 0) is 11.3 Å². The number of hydrogen-bond donors (Lipinski definition) is 3. The third kappa shape index (κ3) is 5.31. The van der Waals surface area contributed by atoms with Gasteiger partial charge in [0.05, 0.1) is 0 Å². The number of carbonyl (C=O) groups excluding carboxylic acids is 2. The van der Waals surface area contributed by atoms with E-state index in [0.717, 1.165) is 5.56 Å². The van der Waals surface area contributed by atoms with Crippen LogP contribution in [0, 0.1) is 5.41 Å². The molecule has 2 aromatic carbocycles. The van der Waals surface area contributed by atoms with E-state index in [0.29, 0.717) is 29.6 Å². The third-order valence-corrected chi connectivity index (χ3v) is 4.40. The SMILES string of the molecule is CC(C)(C)CC(=O)NCc1cccc(NC(=O)c2c[nH]c3ccccc3c2=O)c1. The summed E-state index contributed by atoms with van der Waals surface area (Å²) in [5, 5.41) is 6.12. The fourth-order valence-corrected chi connectivity index (χ4v) is 3.04. The predicted octanol–water partition coefficient (Wildman–Crippen LogP) is 3.83. The number of benzene rings is 2. The van der Waals surface area contributed by atoms with Crippen molar-refractivity contribution in [2.75, 3.05) is 5.32 Å². The Morgan fingerprint density at radius 3 is 2.55 bits per heavy atom. The number of hydrogen-bond acceptors (Lipinski definition) is 3. The number of para-hydroxylation sites is 1. The molecule has 0 spiro atoms. The van der Waals surface area contributed by atoms with E-state index in [2.05, 4.69) is 15.6 Å². The van der Waals surface area contributed by atoms with Crippen LogP contribution in [-0.4, -0.2) is 16.8 Å². The second-order valence-electron chi connectivity index (χ2n) is 8.25. The number of aromatic amines is 1. The Labute approximate surface area is 169 Å². The van der Waals surface area contributed by atoms with Crippen molar-refractivity contribution in [1.29, 1.82) is 0 Å². The van der Waals surface area contributed by atoms with Crippen LogP contribution in [0.5, 0.6) is 0 Å². The monoisotopic (exact) mass is 391 g/mol. The van der Waals surface area contributed by atoms with Crippen molar-refractivity contribution in [1.82, 2.24) is 10.3 Å². The lowest BCUT2D eigenvalue weighted by Crippen LogP contribution is -2.27. The van der Waals surface area contributed by atoms with Crippen LogP contribution in [0.25, 0.3) is 10.9 Å². The molecule has 0 unspecified atom stereocenters. The van der Waals surface area contributed by atoms with Gasteiger partial charge in [-0.25, -0.2) is 0 Å². The van der Waals surface area contributed by atoms with Crippen molar-refractivity contribution in [3.8, 4) is 0 Å². The summed E-state index contributed by atoms with van der Waals surface area (Å²) in [5.41, 5.74) is 1.76. The van der Waals surface area contributed by atoms with E-state index >= 15 is 0 Å². The molecule has 0 fully saturated rings. The third-order valence-electron chi connectivity index (χ3n) is 4.40. The second-order valence-corrected chi connectivity index (χ2v) is 8.25. The Bertz CT molecular complexity index is 1110. The summed E-state index contributed by atoms with van der Waals surface area (Å²) < 4.78 is 0. The lowest BCUT2D eigenvalue weighted by molar-refractivity contribution is -0.122. The Morgan fingerprint density at radius 2 is 1.79 bits per heavy atom. The van der Waals surface area contributed by atoms with Crippen LogP contribution >= 0.6 is 0 Å². The molecular formula is C23H25N3O3. The van der Waals surface area contributed by atoms with E-state index < -0.39 is 5.91 Å². The van der Waals surface area contributed by atoms with Gasteiger partial charge in [0, 0.05) is 35.8 Å². The van der Waals surface area contributed by atoms with Crippen LogP contribution in [0.4, 0.5) is 5.69 Å². The second kappa shape index (κ2) is 8.31. The first-order chi connectivity index (χ1) is 13.7. The van der Waals surface area contributed by atoms with Gasteiger partial charge >= 0.3 is 0 Å². The number of aromatic nitrogens is 1. The highest BCUT2D eigenvalue weighted by atomic mass is 16.2. The van der Waals surface area contributed by atoms with Gasteiger partial charge in [-0.3, -0.25) is 14.4 Å². The number of carbonyl (C=O) groups is 2. The van der Waals surface area contributed by atoms with Gasteiger partial charge in [0.25, 0.3) is 5.91 Å². The minimum Gasteiger partial charge on any atom is -0.360 e. The molecule has 0 radical (unpaired) electrons. The molecule has 0 atom stereocenters. The topological polar surface area (TPSA) is 91.1 Å². The van der Waals surface area contributed by atoms with E-state index in [4.69, 9.17) is 0 Å². The molecule has 2 amide bonds. The molecule has 0 saturated heterocycles. The molecule has 6 heteroatoms. The van der Waals surface area contributed by atoms with Crippen molar-refractivity contribution < 1.29 is 9.59 Å². The maximum absolute atomic E-state index is 12.6. The summed E-state index contributed by atoms with van der Waals surface area (Å²) in [6.07, 6.45) is 1.87. The lowest BCUT2D eigenvalue weighted by atomic mass is 9.92. The Kier molecular flexibility index (Phi) is 5.82. The predicted molar refractivity (Wildman–Crippen MR) is 115 cm³/mol. The van der Waals surface area contributed by atoms with E-state index in [-0.39, 0.29) is 22.3 Å². The first-order valence-corrected chi connectivity index (χ1v) is 9.50. The number of amides is 2. The molecule has 29 heavy (non-hydrogen) atoms. The van der Waals surface area contributed by atoms with E-state index in [1.54, 1.807) is 36.4 Å². The van der Waals surface area contributed by atoms with Gasteiger partial charge in [-0.1, -0.05) is 45.0 Å². The first-order valence-electron chi connectivity index (χ1n) is 9.50. The van der Waals surface area contributed by atoms with Crippen LogP contribution in [0.3, 0.4) is 0 Å². The number of rotatable bonds is 5. The van der Waals surface area contributed by atoms with Crippen LogP contribution < -0.4 is 16.1 Å². The van der Waals surface area contributed by atoms with Crippen molar-refractivity contribution in [3.63, 3.8) is 0 Å². The van der Waals surface area contributed by atoms with Crippen molar-refractivity contribution in [2.45, 2.75) is 33.7 Å². The summed E-state index contributed by atoms with van der Waals surface area (Å²) in [6, 6.07) is 14.3. The fourth-order valence-electron chi connectivity index (χ4n) is 3.04. The van der Waals surface area contributed by atoms with Crippen molar-refractivity contribution in [2.24, 2.45) is 5.41 Å². The minimum atomic E-state index is -0.481. The Hall–Kier alpha value is -3.41. The average molecular weight is 391 g/mol. The number of anilines is 1. The molecule has 3 N–H and O–H groups in total. The highest BCUT2D eigenvalue weighted by Gasteiger charge is 2.16. The van der Waals surface area contributed by atoms with Gasteiger partial charge < -0.3 is 15.6 Å². The van der Waals surface area contributed by atoms with E-state index in [1.807, 2.05) is 32.9 Å². The van der Waals surface area contributed by atoms with Gasteiger partial charge in [0.15, 0.2) is 0 Å². The summed E-state index contributed by atoms with van der Waals surface area (Å²) in [4.78, 5) is 40.2. The summed E-state index contributed by atoms with van der Waals surface area (Å²) in [6.45, 7) is 6.40. The molecular weight excluding hydrogens is 366 g/mol.